The summed E-state index contributed by atoms with van der Waals surface area (Å²) in [7, 11) is 0. The van der Waals surface area contributed by atoms with Gasteiger partial charge in [-0.2, -0.15) is 0 Å². The fourth-order valence-corrected chi connectivity index (χ4v) is 2.31. The van der Waals surface area contributed by atoms with E-state index >= 15 is 0 Å². The summed E-state index contributed by atoms with van der Waals surface area (Å²) in [4.78, 5) is 11.8. The Balaban J connectivity index is 1.71. The van der Waals surface area contributed by atoms with E-state index in [2.05, 4.69) is 5.32 Å². The zero-order valence-electron chi connectivity index (χ0n) is 11.4. The van der Waals surface area contributed by atoms with E-state index < -0.39 is 5.60 Å². The smallest absolute Gasteiger partial charge is 0.220 e. The van der Waals surface area contributed by atoms with Crippen LogP contribution in [0.1, 0.15) is 24.8 Å². The summed E-state index contributed by atoms with van der Waals surface area (Å²) in [5.41, 5.74) is 0.267. The van der Waals surface area contributed by atoms with E-state index in [1.165, 1.54) is 0 Å². The standard InChI is InChI=1S/C15H20ClNO3/c16-13-4-1-12(2-5-13)3-6-14(18)17-11-15(19)7-9-20-10-8-15/h1-2,4-5,19H,3,6-11H2,(H,17,18). The number of amides is 1. The maximum Gasteiger partial charge on any atom is 0.220 e. The lowest BCUT2D eigenvalue weighted by Crippen LogP contribution is -2.46. The molecule has 0 aromatic heterocycles. The molecule has 20 heavy (non-hydrogen) atoms. The van der Waals surface area contributed by atoms with Crippen molar-refractivity contribution in [1.29, 1.82) is 0 Å². The first-order valence-corrected chi connectivity index (χ1v) is 7.26. The van der Waals surface area contributed by atoms with Gasteiger partial charge in [0.05, 0.1) is 5.60 Å². The third-order valence-electron chi connectivity index (χ3n) is 3.59. The van der Waals surface area contributed by atoms with Gasteiger partial charge in [-0.3, -0.25) is 4.79 Å². The number of hydrogen-bond acceptors (Lipinski definition) is 3. The van der Waals surface area contributed by atoms with Crippen LogP contribution in [-0.2, 0) is 16.0 Å². The lowest BCUT2D eigenvalue weighted by molar-refractivity contribution is -0.123. The SMILES string of the molecule is O=C(CCc1ccc(Cl)cc1)NCC1(O)CCOCC1. The van der Waals surface area contributed by atoms with Crippen LogP contribution in [0.4, 0.5) is 0 Å². The maximum atomic E-state index is 11.8. The molecule has 5 heteroatoms. The van der Waals surface area contributed by atoms with Gasteiger partial charge < -0.3 is 15.2 Å². The molecule has 1 amide bonds. The predicted molar refractivity (Wildman–Crippen MR) is 77.8 cm³/mol. The molecule has 0 radical (unpaired) electrons. The molecule has 1 aliphatic rings. The van der Waals surface area contributed by atoms with E-state index in [1.54, 1.807) is 0 Å². The summed E-state index contributed by atoms with van der Waals surface area (Å²) < 4.78 is 5.20. The van der Waals surface area contributed by atoms with Crippen molar-refractivity contribution in [3.8, 4) is 0 Å². The largest absolute Gasteiger partial charge is 0.388 e. The van der Waals surface area contributed by atoms with Gasteiger partial charge in [-0.15, -0.1) is 0 Å². The van der Waals surface area contributed by atoms with Gasteiger partial charge in [-0.05, 0) is 24.1 Å². The third kappa shape index (κ3) is 4.78. The Morgan fingerprint density at radius 2 is 1.95 bits per heavy atom. The number of carbonyl (C=O) groups is 1. The highest BCUT2D eigenvalue weighted by Crippen LogP contribution is 2.19. The van der Waals surface area contributed by atoms with Crippen LogP contribution in [0.2, 0.25) is 5.02 Å². The normalized spacial score (nSPS) is 17.7. The van der Waals surface area contributed by atoms with Gasteiger partial charge in [-0.1, -0.05) is 23.7 Å². The summed E-state index contributed by atoms with van der Waals surface area (Å²) in [6.07, 6.45) is 2.23. The Morgan fingerprint density at radius 1 is 1.30 bits per heavy atom. The van der Waals surface area contributed by atoms with Crippen LogP contribution in [0.15, 0.2) is 24.3 Å². The fraction of sp³-hybridized carbons (Fsp3) is 0.533. The molecule has 110 valence electrons. The number of carbonyl (C=O) groups excluding carboxylic acids is 1. The second-order valence-corrected chi connectivity index (χ2v) is 5.68. The first-order chi connectivity index (χ1) is 9.57. The zero-order valence-corrected chi connectivity index (χ0v) is 12.2. The molecule has 2 rings (SSSR count). The van der Waals surface area contributed by atoms with Gasteiger partial charge in [0.1, 0.15) is 0 Å². The van der Waals surface area contributed by atoms with Gasteiger partial charge >= 0.3 is 0 Å². The Hall–Kier alpha value is -1.10. The van der Waals surface area contributed by atoms with Gasteiger partial charge in [0.25, 0.3) is 0 Å². The van der Waals surface area contributed by atoms with Crippen LogP contribution < -0.4 is 5.32 Å². The van der Waals surface area contributed by atoms with Crippen molar-refractivity contribution in [3.63, 3.8) is 0 Å². The van der Waals surface area contributed by atoms with Crippen LogP contribution in [0.5, 0.6) is 0 Å². The van der Waals surface area contributed by atoms with Crippen molar-refractivity contribution in [1.82, 2.24) is 5.32 Å². The van der Waals surface area contributed by atoms with E-state index in [0.29, 0.717) is 50.5 Å². The van der Waals surface area contributed by atoms with E-state index in [9.17, 15) is 9.90 Å². The molecule has 0 atom stereocenters. The van der Waals surface area contributed by atoms with Gasteiger partial charge in [-0.25, -0.2) is 0 Å². The second kappa shape index (κ2) is 7.07. The molecular weight excluding hydrogens is 278 g/mol. The summed E-state index contributed by atoms with van der Waals surface area (Å²) in [6.45, 7) is 1.41. The third-order valence-corrected chi connectivity index (χ3v) is 3.84. The van der Waals surface area contributed by atoms with Gasteiger partial charge in [0, 0.05) is 44.0 Å². The average molecular weight is 298 g/mol. The first kappa shape index (κ1) is 15.3. The van der Waals surface area contributed by atoms with Gasteiger partial charge in [0.2, 0.25) is 5.91 Å². The highest BCUT2D eigenvalue weighted by atomic mass is 35.5. The number of benzene rings is 1. The highest BCUT2D eigenvalue weighted by Gasteiger charge is 2.29. The first-order valence-electron chi connectivity index (χ1n) is 6.89. The van der Waals surface area contributed by atoms with Crippen LogP contribution in [0, 0.1) is 0 Å². The minimum Gasteiger partial charge on any atom is -0.388 e. The molecular formula is C15H20ClNO3. The Bertz CT molecular complexity index is 441. The average Bonchev–Trinajstić information content (AvgIpc) is 2.45. The molecule has 0 spiro atoms. The summed E-state index contributed by atoms with van der Waals surface area (Å²) >= 11 is 5.81. The molecule has 1 saturated heterocycles. The molecule has 0 bridgehead atoms. The van der Waals surface area contributed by atoms with Gasteiger partial charge in [0.15, 0.2) is 0 Å². The number of nitrogens with one attached hydrogen (secondary N) is 1. The van der Waals surface area contributed by atoms with Crippen molar-refractivity contribution in [2.45, 2.75) is 31.3 Å². The Morgan fingerprint density at radius 3 is 2.60 bits per heavy atom. The van der Waals surface area contributed by atoms with Crippen molar-refractivity contribution in [2.24, 2.45) is 0 Å². The highest BCUT2D eigenvalue weighted by molar-refractivity contribution is 6.30. The fourth-order valence-electron chi connectivity index (χ4n) is 2.19. The van der Waals surface area contributed by atoms with E-state index in [4.69, 9.17) is 16.3 Å². The number of halogens is 1. The van der Waals surface area contributed by atoms with E-state index in [1.807, 2.05) is 24.3 Å². The van der Waals surface area contributed by atoms with Crippen LogP contribution in [0.25, 0.3) is 0 Å². The molecule has 1 heterocycles. The molecule has 1 aliphatic heterocycles. The molecule has 0 unspecified atom stereocenters. The lowest BCUT2D eigenvalue weighted by atomic mass is 9.94. The van der Waals surface area contributed by atoms with Crippen LogP contribution in [-0.4, -0.2) is 36.4 Å². The van der Waals surface area contributed by atoms with Crippen LogP contribution in [0.3, 0.4) is 0 Å². The Labute approximate surface area is 124 Å². The number of ether oxygens (including phenoxy) is 1. The summed E-state index contributed by atoms with van der Waals surface area (Å²) in [6, 6.07) is 7.47. The van der Waals surface area contributed by atoms with Crippen LogP contribution >= 0.6 is 11.6 Å². The maximum absolute atomic E-state index is 11.8. The number of aliphatic hydroxyl groups is 1. The summed E-state index contributed by atoms with van der Waals surface area (Å²) in [5, 5.41) is 13.7. The number of hydrogen-bond donors (Lipinski definition) is 2. The molecule has 1 aromatic carbocycles. The van der Waals surface area contributed by atoms with Crippen molar-refractivity contribution >= 4 is 17.5 Å². The molecule has 4 nitrogen and oxygen atoms in total. The minimum absolute atomic E-state index is 0.0418. The lowest BCUT2D eigenvalue weighted by Gasteiger charge is -2.32. The van der Waals surface area contributed by atoms with E-state index in [0.717, 1.165) is 5.56 Å². The monoisotopic (exact) mass is 297 g/mol. The molecule has 2 N–H and O–H groups in total. The number of aryl methyl sites for hydroxylation is 1. The minimum atomic E-state index is -0.811. The second-order valence-electron chi connectivity index (χ2n) is 5.24. The Kier molecular flexibility index (Phi) is 5.40. The van der Waals surface area contributed by atoms with Crippen molar-refractivity contribution in [3.05, 3.63) is 34.9 Å². The zero-order chi connectivity index (χ0) is 14.4. The van der Waals surface area contributed by atoms with E-state index in [-0.39, 0.29) is 5.91 Å². The molecule has 1 fully saturated rings. The quantitative estimate of drug-likeness (QED) is 0.873. The topological polar surface area (TPSA) is 58.6 Å². The molecule has 0 saturated carbocycles. The van der Waals surface area contributed by atoms with Crippen molar-refractivity contribution in [2.75, 3.05) is 19.8 Å². The molecule has 0 aliphatic carbocycles. The van der Waals surface area contributed by atoms with Crippen molar-refractivity contribution < 1.29 is 14.6 Å². The predicted octanol–water partition coefficient (Wildman–Crippen LogP) is 1.93. The number of rotatable bonds is 5. The summed E-state index contributed by atoms with van der Waals surface area (Å²) in [5.74, 6) is -0.0418. The molecule has 1 aromatic rings.